The Morgan fingerprint density at radius 2 is 1.80 bits per heavy atom. The predicted octanol–water partition coefficient (Wildman–Crippen LogP) is 7.18. The van der Waals surface area contributed by atoms with E-state index in [-0.39, 0.29) is 62.2 Å². The minimum absolute atomic E-state index is 0.00915. The fourth-order valence-electron chi connectivity index (χ4n) is 9.01. The number of nitrogens with one attached hydrogen (secondary N) is 1. The summed E-state index contributed by atoms with van der Waals surface area (Å²) >= 11 is 0. The summed E-state index contributed by atoms with van der Waals surface area (Å²) in [5.41, 5.74) is 3.52. The molecule has 6 atom stereocenters. The van der Waals surface area contributed by atoms with E-state index in [0.717, 1.165) is 30.4 Å². The van der Waals surface area contributed by atoms with Crippen LogP contribution in [0.4, 0.5) is 10.5 Å². The zero-order chi connectivity index (χ0) is 43.5. The number of amides is 2. The number of unbranched alkanes of at least 4 members (excludes halogenated alkanes) is 2. The number of nitro groups is 1. The molecule has 0 aromatic heterocycles. The van der Waals surface area contributed by atoms with Crippen LogP contribution < -0.4 is 14.8 Å². The van der Waals surface area contributed by atoms with Crippen LogP contribution in [0.3, 0.4) is 0 Å². The summed E-state index contributed by atoms with van der Waals surface area (Å²) in [6.07, 6.45) is 7.48. The number of likely N-dealkylation sites (N-methyl/N-ethyl adjacent to an activating group) is 1. The number of aliphatic hydroxyl groups excluding tert-OH is 2. The van der Waals surface area contributed by atoms with Crippen molar-refractivity contribution < 1.29 is 43.8 Å². The van der Waals surface area contributed by atoms with Crippen LogP contribution in [0.25, 0.3) is 0 Å². The van der Waals surface area contributed by atoms with E-state index in [2.05, 4.69) is 24.0 Å². The summed E-state index contributed by atoms with van der Waals surface area (Å²) in [5, 5.41) is 47.9. The molecular formula is C46H53N5O10. The van der Waals surface area contributed by atoms with Gasteiger partial charge in [0.1, 0.15) is 24.1 Å². The first-order valence-electron chi connectivity index (χ1n) is 20.8. The molecule has 0 unspecified atom stereocenters. The largest absolute Gasteiger partial charge is 0.459 e. The van der Waals surface area contributed by atoms with Crippen LogP contribution in [0, 0.1) is 39.2 Å². The summed E-state index contributed by atoms with van der Waals surface area (Å²) in [6, 6.07) is 18.9. The number of hydrogen-bond donors (Lipinski definition) is 3. The van der Waals surface area contributed by atoms with Gasteiger partial charge < -0.3 is 39.5 Å². The molecule has 15 nitrogen and oxygen atoms in total. The van der Waals surface area contributed by atoms with Gasteiger partial charge in [-0.05, 0) is 110 Å². The number of nitro benzene ring substituents is 1. The molecule has 2 aliphatic carbocycles. The van der Waals surface area contributed by atoms with Gasteiger partial charge in [0.2, 0.25) is 5.79 Å². The lowest BCUT2D eigenvalue weighted by Gasteiger charge is -2.59. The third-order valence-electron chi connectivity index (χ3n) is 11.8. The van der Waals surface area contributed by atoms with E-state index in [9.17, 15) is 35.2 Å². The van der Waals surface area contributed by atoms with Gasteiger partial charge in [-0.1, -0.05) is 30.1 Å². The minimum Gasteiger partial charge on any atom is -0.459 e. The van der Waals surface area contributed by atoms with Crippen molar-refractivity contribution in [2.75, 3.05) is 33.4 Å². The van der Waals surface area contributed by atoms with Crippen LogP contribution in [-0.2, 0) is 16.2 Å². The van der Waals surface area contributed by atoms with E-state index in [1.165, 1.54) is 12.1 Å². The van der Waals surface area contributed by atoms with Crippen molar-refractivity contribution >= 4 is 23.4 Å². The highest BCUT2D eigenvalue weighted by atomic mass is 16.7. The van der Waals surface area contributed by atoms with Gasteiger partial charge in [0, 0.05) is 62.4 Å². The second-order valence-electron chi connectivity index (χ2n) is 15.5. The number of nitrogens with zero attached hydrogens (tertiary/aromatic N) is 4. The zero-order valence-corrected chi connectivity index (χ0v) is 34.5. The number of carbonyl (C=O) groups is 2. The first kappa shape index (κ1) is 44.5. The lowest BCUT2D eigenvalue weighted by Crippen LogP contribution is -2.69. The maximum Gasteiger partial charge on any atom is 0.412 e. The van der Waals surface area contributed by atoms with Crippen LogP contribution in [0.1, 0.15) is 84.8 Å². The molecule has 6 rings (SSSR count). The number of oxime groups is 1. The van der Waals surface area contributed by atoms with Gasteiger partial charge in [0.25, 0.3) is 11.6 Å². The third kappa shape index (κ3) is 9.78. The van der Waals surface area contributed by atoms with Crippen LogP contribution >= 0.6 is 0 Å². The normalized spacial score (nSPS) is 23.0. The van der Waals surface area contributed by atoms with Crippen LogP contribution in [0.5, 0.6) is 11.5 Å². The molecule has 3 aromatic carbocycles. The Balaban J connectivity index is 1.55. The van der Waals surface area contributed by atoms with Crippen LogP contribution in [0.15, 0.2) is 96.2 Å². The van der Waals surface area contributed by atoms with Crippen molar-refractivity contribution in [3.63, 3.8) is 0 Å². The fourth-order valence-corrected chi connectivity index (χ4v) is 9.01. The number of allylic oxidation sites excluding steroid dienone is 1. The number of ether oxygens (including phenoxy) is 3. The zero-order valence-electron chi connectivity index (χ0n) is 34.5. The van der Waals surface area contributed by atoms with Crippen LogP contribution in [-0.4, -0.2) is 83.0 Å². The number of benzene rings is 3. The van der Waals surface area contributed by atoms with Gasteiger partial charge in [-0.3, -0.25) is 14.9 Å². The highest BCUT2D eigenvalue weighted by Gasteiger charge is 2.65. The topological polar surface area (TPSA) is 206 Å². The Kier molecular flexibility index (Phi) is 14.9. The molecule has 1 aliphatic heterocycles. The highest BCUT2D eigenvalue weighted by Crippen LogP contribution is 2.62. The first-order valence-corrected chi connectivity index (χ1v) is 20.8. The van der Waals surface area contributed by atoms with Gasteiger partial charge in [0.05, 0.1) is 34.8 Å². The van der Waals surface area contributed by atoms with E-state index >= 15 is 0 Å². The second-order valence-corrected chi connectivity index (χ2v) is 15.5. The van der Waals surface area contributed by atoms with Gasteiger partial charge in [0.15, 0.2) is 0 Å². The molecule has 0 spiro atoms. The Morgan fingerprint density at radius 3 is 2.46 bits per heavy atom. The molecule has 0 radical (unpaired) electrons. The number of rotatable bonds is 19. The fraction of sp³-hybridized carbons (Fsp3) is 0.435. The third-order valence-corrected chi connectivity index (χ3v) is 11.8. The Labute approximate surface area is 355 Å². The predicted molar refractivity (Wildman–Crippen MR) is 226 cm³/mol. The summed E-state index contributed by atoms with van der Waals surface area (Å²) in [4.78, 5) is 45.7. The average molecular weight is 836 g/mol. The van der Waals surface area contributed by atoms with Crippen molar-refractivity contribution in [1.82, 2.24) is 10.2 Å². The summed E-state index contributed by atoms with van der Waals surface area (Å²) in [5.74, 6) is -2.11. The van der Waals surface area contributed by atoms with Gasteiger partial charge in [-0.2, -0.15) is 5.26 Å². The Morgan fingerprint density at radius 1 is 1.08 bits per heavy atom. The Hall–Kier alpha value is -6.08. The SMILES string of the molecule is C=CCO[C@@]12Oc3ccc(OC(=O)NCC)cc3[C@H]3[C@H](CCCCO)[C@@H](CCCCO)C=C(C(=NOCc4ccc([N+](=O)[O-])cc4)C[C@@H]1N(C)C(=O)c1ccc(C#N)cc1)[C@H]32. The molecule has 3 aromatic rings. The highest BCUT2D eigenvalue weighted by molar-refractivity contribution is 6.03. The number of hydrogen-bond acceptors (Lipinski definition) is 12. The Bertz CT molecular complexity index is 2150. The number of fused-ring (bicyclic) bond motifs is 2. The number of non-ortho nitro benzene ring substituents is 1. The molecule has 2 amide bonds. The smallest absolute Gasteiger partial charge is 0.412 e. The molecule has 15 heteroatoms. The summed E-state index contributed by atoms with van der Waals surface area (Å²) in [7, 11) is 1.69. The van der Waals surface area contributed by atoms with E-state index in [0.29, 0.717) is 59.7 Å². The summed E-state index contributed by atoms with van der Waals surface area (Å²) < 4.78 is 19.8. The summed E-state index contributed by atoms with van der Waals surface area (Å²) in [6.45, 7) is 6.28. The maximum atomic E-state index is 14.5. The van der Waals surface area contributed by atoms with Crippen molar-refractivity contribution in [3.05, 3.63) is 123 Å². The van der Waals surface area contributed by atoms with Crippen molar-refractivity contribution in [2.45, 2.75) is 76.2 Å². The van der Waals surface area contributed by atoms with Crippen molar-refractivity contribution in [1.29, 1.82) is 5.26 Å². The van der Waals surface area contributed by atoms with Gasteiger partial charge in [-0.15, -0.1) is 6.58 Å². The first-order chi connectivity index (χ1) is 29.6. The number of carbonyl (C=O) groups excluding carboxylic acids is 2. The average Bonchev–Trinajstić information content (AvgIpc) is 3.27. The molecule has 1 fully saturated rings. The minimum atomic E-state index is -1.51. The lowest BCUT2D eigenvalue weighted by molar-refractivity contribution is -0.384. The molecule has 1 heterocycles. The molecule has 3 N–H and O–H groups in total. The number of aliphatic hydroxyl groups is 2. The van der Waals surface area contributed by atoms with E-state index in [1.807, 2.05) is 6.07 Å². The maximum absolute atomic E-state index is 14.5. The van der Waals surface area contributed by atoms with E-state index in [1.54, 1.807) is 73.5 Å². The van der Waals surface area contributed by atoms with Crippen molar-refractivity contribution in [2.24, 2.45) is 22.9 Å². The van der Waals surface area contributed by atoms with Gasteiger partial charge in [-0.25, -0.2) is 4.79 Å². The van der Waals surface area contributed by atoms with Gasteiger partial charge >= 0.3 is 6.09 Å². The lowest BCUT2D eigenvalue weighted by atomic mass is 9.55. The molecule has 0 saturated heterocycles. The molecular weight excluding hydrogens is 783 g/mol. The van der Waals surface area contributed by atoms with E-state index in [4.69, 9.17) is 24.2 Å². The second kappa shape index (κ2) is 20.5. The van der Waals surface area contributed by atoms with Crippen molar-refractivity contribution in [3.8, 4) is 17.6 Å². The molecule has 3 aliphatic rings. The van der Waals surface area contributed by atoms with E-state index < -0.39 is 28.8 Å². The molecule has 0 bridgehead atoms. The molecule has 322 valence electrons. The standard InChI is InChI=1S/C46H53N5O10/c1-4-24-58-46-41(50(3)44(54)32-16-12-30(28-47)13-17-32)27-39(49-59-29-31-14-18-34(19-15-31)51(56)57)37-25-33(10-6-8-22-52)36(11-7-9-23-53)42(43(37)46)38-26-35(20-21-40(38)61-46)60-45(55)48-5-2/h4,12-21,25-26,33,36,41-43,52-53H,1,5-11,22-24,27,29H2,2-3H3,(H,48,55)/t33-,36+,41-,42+,43+,46+/m0/s1. The molecule has 1 saturated carbocycles. The number of nitriles is 1. The van der Waals surface area contributed by atoms with Crippen LogP contribution in [0.2, 0.25) is 0 Å². The molecule has 61 heavy (non-hydrogen) atoms. The monoisotopic (exact) mass is 835 g/mol. The quantitative estimate of drug-likeness (QED) is 0.0477.